The molecule has 3 N–H and O–H groups in total. The molecule has 1 saturated carbocycles. The van der Waals surface area contributed by atoms with Crippen LogP contribution in [0.25, 0.3) is 11.0 Å². The third-order valence-corrected chi connectivity index (χ3v) is 3.38. The van der Waals surface area contributed by atoms with Gasteiger partial charge in [-0.1, -0.05) is 6.42 Å². The molecule has 2 aromatic rings. The van der Waals surface area contributed by atoms with Crippen molar-refractivity contribution in [2.75, 3.05) is 5.73 Å². The Morgan fingerprint density at radius 3 is 2.82 bits per heavy atom. The van der Waals surface area contributed by atoms with Gasteiger partial charge in [-0.25, -0.2) is 9.36 Å². The molecule has 3 rings (SSSR count). The summed E-state index contributed by atoms with van der Waals surface area (Å²) in [5, 5.41) is 0. The Morgan fingerprint density at radius 1 is 1.41 bits per heavy atom. The number of hydrogen-bond donors (Lipinski definition) is 2. The lowest BCUT2D eigenvalue weighted by Gasteiger charge is -2.23. The summed E-state index contributed by atoms with van der Waals surface area (Å²) >= 11 is 0. The number of nitrogens with zero attached hydrogens (tertiary/aromatic N) is 1. The van der Waals surface area contributed by atoms with E-state index >= 15 is 0 Å². The molecule has 0 bridgehead atoms. The molecule has 1 aromatic heterocycles. The van der Waals surface area contributed by atoms with Gasteiger partial charge in [0.1, 0.15) is 0 Å². The van der Waals surface area contributed by atoms with E-state index in [1.54, 1.807) is 18.2 Å². The van der Waals surface area contributed by atoms with Crippen LogP contribution in [0.2, 0.25) is 0 Å². The van der Waals surface area contributed by atoms with Gasteiger partial charge in [-0.2, -0.15) is 0 Å². The van der Waals surface area contributed by atoms with Gasteiger partial charge < -0.3 is 10.7 Å². The molecule has 5 heteroatoms. The van der Waals surface area contributed by atoms with Gasteiger partial charge in [0.15, 0.2) is 0 Å². The molecule has 88 valence electrons. The lowest BCUT2D eigenvalue weighted by atomic mass is 9.85. The number of H-pyrrole nitrogens is 1. The number of aromatic amines is 1. The summed E-state index contributed by atoms with van der Waals surface area (Å²) in [6.45, 7) is 0. The van der Waals surface area contributed by atoms with Crippen molar-refractivity contribution in [2.24, 2.45) is 5.92 Å². The number of imidazole rings is 1. The molecule has 0 unspecified atom stereocenters. The van der Waals surface area contributed by atoms with Crippen LogP contribution in [0.3, 0.4) is 0 Å². The molecular formula is C12H13N3O2. The Bertz CT molecular complexity index is 649. The van der Waals surface area contributed by atoms with Crippen LogP contribution in [-0.4, -0.2) is 15.5 Å². The number of fused-ring (bicyclic) bond motifs is 1. The number of nitrogens with one attached hydrogen (secondary N) is 1. The van der Waals surface area contributed by atoms with E-state index in [4.69, 9.17) is 5.73 Å². The van der Waals surface area contributed by atoms with E-state index in [2.05, 4.69) is 4.98 Å². The van der Waals surface area contributed by atoms with Crippen LogP contribution in [0.4, 0.5) is 5.69 Å². The van der Waals surface area contributed by atoms with Crippen molar-refractivity contribution in [3.63, 3.8) is 0 Å². The maximum atomic E-state index is 12.1. The van der Waals surface area contributed by atoms with E-state index in [1.807, 2.05) is 0 Å². The van der Waals surface area contributed by atoms with E-state index in [1.165, 1.54) is 4.57 Å². The van der Waals surface area contributed by atoms with Gasteiger partial charge in [0.2, 0.25) is 5.91 Å². The summed E-state index contributed by atoms with van der Waals surface area (Å²) in [6.07, 6.45) is 2.83. The molecule has 0 radical (unpaired) electrons. The van der Waals surface area contributed by atoms with Crippen molar-refractivity contribution < 1.29 is 4.79 Å². The average Bonchev–Trinajstić information content (AvgIpc) is 2.50. The van der Waals surface area contributed by atoms with Crippen LogP contribution in [0.1, 0.15) is 24.1 Å². The molecule has 1 heterocycles. The quantitative estimate of drug-likeness (QED) is 0.727. The molecule has 0 aliphatic heterocycles. The number of nitrogens with two attached hydrogens (primary N) is 1. The van der Waals surface area contributed by atoms with Crippen LogP contribution in [0.15, 0.2) is 23.0 Å². The van der Waals surface area contributed by atoms with Crippen molar-refractivity contribution >= 4 is 22.6 Å². The zero-order valence-corrected chi connectivity index (χ0v) is 9.27. The molecule has 0 saturated heterocycles. The number of carbonyl (C=O) groups is 1. The second-order valence-corrected chi connectivity index (χ2v) is 4.51. The second kappa shape index (κ2) is 3.48. The Hall–Kier alpha value is -2.04. The minimum Gasteiger partial charge on any atom is -0.399 e. The first-order valence-electron chi connectivity index (χ1n) is 5.71. The van der Waals surface area contributed by atoms with Crippen molar-refractivity contribution in [3.05, 3.63) is 28.7 Å². The number of rotatable bonds is 1. The number of benzene rings is 1. The normalized spacial score (nSPS) is 16.0. The van der Waals surface area contributed by atoms with Crippen molar-refractivity contribution in [1.29, 1.82) is 0 Å². The van der Waals surface area contributed by atoms with Crippen molar-refractivity contribution in [2.45, 2.75) is 19.3 Å². The fourth-order valence-electron chi connectivity index (χ4n) is 2.19. The standard InChI is InChI=1S/C12H13N3O2/c13-8-4-5-10-9(6-8)14-12(17)15(10)11(16)7-2-1-3-7/h4-7H,1-3,13H2,(H,14,17). The average molecular weight is 231 g/mol. The highest BCUT2D eigenvalue weighted by Gasteiger charge is 2.28. The maximum absolute atomic E-state index is 12.1. The van der Waals surface area contributed by atoms with E-state index in [0.29, 0.717) is 16.7 Å². The summed E-state index contributed by atoms with van der Waals surface area (Å²) in [6, 6.07) is 5.07. The number of hydrogen-bond acceptors (Lipinski definition) is 3. The van der Waals surface area contributed by atoms with Gasteiger partial charge in [0.25, 0.3) is 0 Å². The summed E-state index contributed by atoms with van der Waals surface area (Å²) < 4.78 is 1.23. The van der Waals surface area contributed by atoms with Gasteiger partial charge in [-0.3, -0.25) is 4.79 Å². The zero-order valence-electron chi connectivity index (χ0n) is 9.27. The smallest absolute Gasteiger partial charge is 0.333 e. The first kappa shape index (κ1) is 10.1. The van der Waals surface area contributed by atoms with Crippen LogP contribution < -0.4 is 11.4 Å². The fourth-order valence-corrected chi connectivity index (χ4v) is 2.19. The largest absolute Gasteiger partial charge is 0.399 e. The minimum absolute atomic E-state index is 0.00394. The molecule has 1 aliphatic rings. The number of nitrogen functional groups attached to an aromatic ring is 1. The Morgan fingerprint density at radius 2 is 2.18 bits per heavy atom. The first-order valence-corrected chi connectivity index (χ1v) is 5.71. The van der Waals surface area contributed by atoms with Crippen molar-refractivity contribution in [3.8, 4) is 0 Å². The Kier molecular flexibility index (Phi) is 2.07. The topological polar surface area (TPSA) is 80.9 Å². The van der Waals surface area contributed by atoms with Crippen LogP contribution in [0, 0.1) is 5.92 Å². The predicted octanol–water partition coefficient (Wildman–Crippen LogP) is 1.35. The van der Waals surface area contributed by atoms with Crippen LogP contribution in [-0.2, 0) is 0 Å². The summed E-state index contributed by atoms with van der Waals surface area (Å²) in [5.74, 6) is -0.0958. The van der Waals surface area contributed by atoms with E-state index < -0.39 is 0 Å². The summed E-state index contributed by atoms with van der Waals surface area (Å²) in [5.41, 5.74) is 7.06. The van der Waals surface area contributed by atoms with Crippen molar-refractivity contribution in [1.82, 2.24) is 9.55 Å². The predicted molar refractivity (Wildman–Crippen MR) is 64.9 cm³/mol. The monoisotopic (exact) mass is 231 g/mol. The molecular weight excluding hydrogens is 218 g/mol. The van der Waals surface area contributed by atoms with Gasteiger partial charge in [-0.15, -0.1) is 0 Å². The van der Waals surface area contributed by atoms with E-state index in [9.17, 15) is 9.59 Å². The van der Waals surface area contributed by atoms with Crippen LogP contribution in [0.5, 0.6) is 0 Å². The van der Waals surface area contributed by atoms with Gasteiger partial charge in [0, 0.05) is 11.6 Å². The van der Waals surface area contributed by atoms with Crippen LogP contribution >= 0.6 is 0 Å². The summed E-state index contributed by atoms with van der Waals surface area (Å²) in [7, 11) is 0. The third-order valence-electron chi connectivity index (χ3n) is 3.38. The lowest BCUT2D eigenvalue weighted by molar-refractivity contribution is 0.0766. The lowest BCUT2D eigenvalue weighted by Crippen LogP contribution is -2.33. The van der Waals surface area contributed by atoms with Gasteiger partial charge >= 0.3 is 5.69 Å². The van der Waals surface area contributed by atoms with Gasteiger partial charge in [-0.05, 0) is 31.0 Å². The Balaban J connectivity index is 2.18. The van der Waals surface area contributed by atoms with Gasteiger partial charge in [0.05, 0.1) is 11.0 Å². The highest BCUT2D eigenvalue weighted by Crippen LogP contribution is 2.28. The molecule has 0 atom stereocenters. The molecule has 17 heavy (non-hydrogen) atoms. The Labute approximate surface area is 97.2 Å². The SMILES string of the molecule is Nc1ccc2c(c1)[nH]c(=O)n2C(=O)C1CCC1. The molecule has 1 aliphatic carbocycles. The van der Waals surface area contributed by atoms with E-state index in [-0.39, 0.29) is 17.5 Å². The highest BCUT2D eigenvalue weighted by molar-refractivity contribution is 5.92. The number of carbonyl (C=O) groups excluding carboxylic acids is 1. The fraction of sp³-hybridized carbons (Fsp3) is 0.333. The second-order valence-electron chi connectivity index (χ2n) is 4.51. The maximum Gasteiger partial charge on any atom is 0.333 e. The number of anilines is 1. The number of aromatic nitrogens is 2. The minimum atomic E-state index is -0.373. The molecule has 5 nitrogen and oxygen atoms in total. The van der Waals surface area contributed by atoms with E-state index in [0.717, 1.165) is 19.3 Å². The third kappa shape index (κ3) is 1.46. The molecule has 1 fully saturated rings. The molecule has 1 aromatic carbocycles. The highest BCUT2D eigenvalue weighted by atomic mass is 16.2. The first-order chi connectivity index (χ1) is 8.16. The molecule has 0 spiro atoms. The zero-order chi connectivity index (χ0) is 12.0. The molecule has 0 amide bonds. The summed E-state index contributed by atoms with van der Waals surface area (Å²) in [4.78, 5) is 26.6.